The van der Waals surface area contributed by atoms with Crippen LogP contribution in [0, 0.1) is 5.82 Å². The molecule has 0 saturated carbocycles. The molecule has 0 unspecified atom stereocenters. The smallest absolute Gasteiger partial charge is 0.296 e. The number of hydrogen-bond acceptors (Lipinski definition) is 8. The van der Waals surface area contributed by atoms with Crippen molar-refractivity contribution in [2.45, 2.75) is 51.4 Å². The first-order valence-corrected chi connectivity index (χ1v) is 10.9. The van der Waals surface area contributed by atoms with Crippen LogP contribution in [0.1, 0.15) is 48.6 Å². The van der Waals surface area contributed by atoms with Crippen molar-refractivity contribution in [2.75, 3.05) is 25.2 Å². The number of aldehydes is 1. The van der Waals surface area contributed by atoms with Gasteiger partial charge in [-0.05, 0) is 38.0 Å². The molecule has 1 aromatic heterocycles. The number of ether oxygens (including phenoxy) is 1. The average Bonchev–Trinajstić information content (AvgIpc) is 2.80. The normalized spacial score (nSPS) is 15.3. The van der Waals surface area contributed by atoms with Gasteiger partial charge in [0.2, 0.25) is 5.75 Å². The Kier molecular flexibility index (Phi) is 7.68. The van der Waals surface area contributed by atoms with Crippen LogP contribution >= 0.6 is 0 Å². The number of rotatable bonds is 9. The molecule has 34 heavy (non-hydrogen) atoms. The maximum absolute atomic E-state index is 14.0. The molecule has 1 amide bonds. The number of carbonyl (C=O) groups is 2. The fraction of sp³-hybridized carbons (Fsp3) is 0.478. The predicted molar refractivity (Wildman–Crippen MR) is 121 cm³/mol. The summed E-state index contributed by atoms with van der Waals surface area (Å²) in [6.45, 7) is 3.60. The van der Waals surface area contributed by atoms with Crippen LogP contribution in [-0.2, 0) is 28.2 Å². The quantitative estimate of drug-likeness (QED) is 0.458. The third-order valence-corrected chi connectivity index (χ3v) is 5.92. The van der Waals surface area contributed by atoms with Gasteiger partial charge in [0.25, 0.3) is 11.5 Å². The topological polar surface area (TPSA) is 134 Å². The molecule has 2 heterocycles. The van der Waals surface area contributed by atoms with Crippen molar-refractivity contribution in [2.24, 2.45) is 0 Å². The number of aromatic nitrogens is 2. The Morgan fingerprint density at radius 3 is 2.85 bits per heavy atom. The lowest BCUT2D eigenvalue weighted by molar-refractivity contribution is -0.108. The monoisotopic (exact) mass is 476 g/mol. The first kappa shape index (κ1) is 25.3. The van der Waals surface area contributed by atoms with E-state index >= 15 is 0 Å². The molecular formula is C23H29FN4O6. The molecule has 0 aliphatic carbocycles. The molecule has 0 bridgehead atoms. The highest BCUT2D eigenvalue weighted by atomic mass is 19.1. The highest BCUT2D eigenvalue weighted by Crippen LogP contribution is 2.28. The molecule has 11 heteroatoms. The number of hydrogen-bond donors (Lipinski definition) is 3. The number of halogens is 1. The Bertz CT molecular complexity index is 1130. The van der Waals surface area contributed by atoms with Gasteiger partial charge in [-0.2, -0.15) is 0 Å². The Hall–Kier alpha value is -3.31. The van der Waals surface area contributed by atoms with Crippen molar-refractivity contribution in [1.82, 2.24) is 14.9 Å². The number of anilines is 1. The Morgan fingerprint density at radius 1 is 1.44 bits per heavy atom. The van der Waals surface area contributed by atoms with Crippen LogP contribution in [0.4, 0.5) is 10.1 Å². The maximum Gasteiger partial charge on any atom is 0.296 e. The molecule has 0 saturated heterocycles. The zero-order valence-corrected chi connectivity index (χ0v) is 19.4. The number of aromatic hydroxyl groups is 1. The van der Waals surface area contributed by atoms with E-state index in [2.05, 4.69) is 10.3 Å². The second-order valence-electron chi connectivity index (χ2n) is 8.60. The summed E-state index contributed by atoms with van der Waals surface area (Å²) in [6, 6.07) is 3.56. The number of nitrogens with one attached hydrogen (secondary N) is 1. The van der Waals surface area contributed by atoms with E-state index in [0.717, 1.165) is 6.29 Å². The van der Waals surface area contributed by atoms with E-state index in [9.17, 15) is 29.0 Å². The molecule has 0 fully saturated rings. The zero-order chi connectivity index (χ0) is 25.0. The van der Waals surface area contributed by atoms with E-state index in [-0.39, 0.29) is 38.5 Å². The molecule has 10 nitrogen and oxygen atoms in total. The van der Waals surface area contributed by atoms with E-state index in [1.165, 1.54) is 22.8 Å². The number of aliphatic hydroxyl groups is 1. The van der Waals surface area contributed by atoms with Crippen LogP contribution in [0.3, 0.4) is 0 Å². The Morgan fingerprint density at radius 2 is 2.18 bits per heavy atom. The van der Waals surface area contributed by atoms with Crippen molar-refractivity contribution in [3.05, 3.63) is 51.5 Å². The van der Waals surface area contributed by atoms with Gasteiger partial charge in [-0.3, -0.25) is 14.2 Å². The number of aliphatic hydroxyl groups excluding tert-OH is 1. The van der Waals surface area contributed by atoms with E-state index in [1.54, 1.807) is 25.8 Å². The summed E-state index contributed by atoms with van der Waals surface area (Å²) in [5, 5.41) is 22.7. The van der Waals surface area contributed by atoms with Crippen LogP contribution in [0.5, 0.6) is 5.75 Å². The summed E-state index contributed by atoms with van der Waals surface area (Å²) in [5.74, 6) is -1.82. The SMILES string of the molecule is CN(c1cc(F)ccc1CNC(=O)c1nc2n(c(=O)c1O)CCOC2(C)C)[C@@H](CO)CCC=O. The highest BCUT2D eigenvalue weighted by molar-refractivity contribution is 5.94. The summed E-state index contributed by atoms with van der Waals surface area (Å²) < 4.78 is 20.9. The second-order valence-corrected chi connectivity index (χ2v) is 8.60. The molecule has 1 aromatic carbocycles. The van der Waals surface area contributed by atoms with Gasteiger partial charge >= 0.3 is 0 Å². The first-order valence-electron chi connectivity index (χ1n) is 10.9. The van der Waals surface area contributed by atoms with E-state index in [1.807, 2.05) is 0 Å². The zero-order valence-electron chi connectivity index (χ0n) is 19.4. The van der Waals surface area contributed by atoms with Crippen LogP contribution in [0.15, 0.2) is 23.0 Å². The minimum absolute atomic E-state index is 0.0654. The number of likely N-dealkylation sites (N-methyl/N-ethyl adjacent to an activating group) is 1. The van der Waals surface area contributed by atoms with Gasteiger partial charge in [0, 0.05) is 25.7 Å². The van der Waals surface area contributed by atoms with Gasteiger partial charge in [0.05, 0.1) is 25.8 Å². The van der Waals surface area contributed by atoms with Crippen LogP contribution in [-0.4, -0.2) is 58.3 Å². The van der Waals surface area contributed by atoms with Crippen LogP contribution < -0.4 is 15.8 Å². The minimum atomic E-state index is -0.923. The van der Waals surface area contributed by atoms with E-state index in [0.29, 0.717) is 17.7 Å². The lowest BCUT2D eigenvalue weighted by atomic mass is 10.1. The lowest BCUT2D eigenvalue weighted by Crippen LogP contribution is -2.42. The number of nitrogens with zero attached hydrogens (tertiary/aromatic N) is 3. The molecule has 1 aliphatic rings. The van der Waals surface area contributed by atoms with Crippen molar-refractivity contribution in [3.63, 3.8) is 0 Å². The fourth-order valence-electron chi connectivity index (χ4n) is 3.97. The molecule has 3 N–H and O–H groups in total. The highest BCUT2D eigenvalue weighted by Gasteiger charge is 2.34. The average molecular weight is 477 g/mol. The van der Waals surface area contributed by atoms with Gasteiger partial charge < -0.3 is 30.0 Å². The number of carbonyl (C=O) groups excluding carboxylic acids is 2. The molecule has 3 rings (SSSR count). The number of fused-ring (bicyclic) bond motifs is 1. The van der Waals surface area contributed by atoms with Gasteiger partial charge in [-0.1, -0.05) is 6.07 Å². The minimum Gasteiger partial charge on any atom is -0.501 e. The molecule has 184 valence electrons. The largest absolute Gasteiger partial charge is 0.501 e. The Labute approximate surface area is 196 Å². The third kappa shape index (κ3) is 5.10. The van der Waals surface area contributed by atoms with Gasteiger partial charge in [-0.15, -0.1) is 0 Å². The van der Waals surface area contributed by atoms with Crippen molar-refractivity contribution < 1.29 is 28.9 Å². The molecule has 1 atom stereocenters. The number of amides is 1. The molecule has 1 aliphatic heterocycles. The summed E-state index contributed by atoms with van der Waals surface area (Å²) >= 11 is 0. The molecule has 0 radical (unpaired) electrons. The van der Waals surface area contributed by atoms with Crippen LogP contribution in [0.25, 0.3) is 0 Å². The summed E-state index contributed by atoms with van der Waals surface area (Å²) in [4.78, 5) is 42.1. The summed E-state index contributed by atoms with van der Waals surface area (Å²) in [6.07, 6.45) is 1.35. The van der Waals surface area contributed by atoms with E-state index in [4.69, 9.17) is 4.74 Å². The van der Waals surface area contributed by atoms with Gasteiger partial charge in [0.15, 0.2) is 5.69 Å². The lowest BCUT2D eigenvalue weighted by Gasteiger charge is -2.32. The Balaban J connectivity index is 1.87. The summed E-state index contributed by atoms with van der Waals surface area (Å²) in [5.41, 5.74) is -1.13. The van der Waals surface area contributed by atoms with Gasteiger partial charge in [-0.25, -0.2) is 9.37 Å². The van der Waals surface area contributed by atoms with Crippen LogP contribution in [0.2, 0.25) is 0 Å². The van der Waals surface area contributed by atoms with Crippen molar-refractivity contribution in [3.8, 4) is 5.75 Å². The van der Waals surface area contributed by atoms with Crippen molar-refractivity contribution in [1.29, 1.82) is 0 Å². The van der Waals surface area contributed by atoms with Gasteiger partial charge in [0.1, 0.15) is 23.5 Å². The molecular weight excluding hydrogens is 447 g/mol. The molecule has 0 spiro atoms. The standard InChI is InChI=1S/C23H29FN4O6/c1-23(2)22-26-18(19(31)21(33)28(22)8-10-34-23)20(32)25-12-14-6-7-15(24)11-17(14)27(3)16(13-30)5-4-9-29/h6-7,9,11,16,30-31H,4-5,8,10,12-13H2,1-3H3,(H,25,32)/t16-/m1/s1. The van der Waals surface area contributed by atoms with E-state index < -0.39 is 40.4 Å². The molecule has 2 aromatic rings. The second kappa shape index (κ2) is 10.3. The third-order valence-electron chi connectivity index (χ3n) is 5.92. The fourth-order valence-corrected chi connectivity index (χ4v) is 3.97. The van der Waals surface area contributed by atoms with Crippen molar-refractivity contribution >= 4 is 17.9 Å². The maximum atomic E-state index is 14.0. The first-order chi connectivity index (χ1) is 16.1. The number of benzene rings is 1. The summed E-state index contributed by atoms with van der Waals surface area (Å²) in [7, 11) is 1.66. The predicted octanol–water partition coefficient (Wildman–Crippen LogP) is 1.06.